The van der Waals surface area contributed by atoms with E-state index in [4.69, 9.17) is 4.74 Å². The van der Waals surface area contributed by atoms with Crippen LogP contribution in [-0.2, 0) is 5.60 Å². The summed E-state index contributed by atoms with van der Waals surface area (Å²) in [5.41, 5.74) is -0.632. The molecule has 1 heterocycles. The largest absolute Gasteiger partial charge is 0.504 e. The average Bonchev–Trinajstić information content (AvgIpc) is 2.56. The molecule has 2 rings (SSSR count). The highest BCUT2D eigenvalue weighted by molar-refractivity contribution is 5.38. The van der Waals surface area contributed by atoms with Gasteiger partial charge in [0, 0.05) is 0 Å². The molecule has 5 nitrogen and oxygen atoms in total. The van der Waals surface area contributed by atoms with E-state index in [9.17, 15) is 5.11 Å². The SMILES string of the molecule is CCCCC(CCC)(Oc1ccccc1O)c1ncncn1. The summed E-state index contributed by atoms with van der Waals surface area (Å²) in [5.74, 6) is 1.22. The molecular formula is C17H23N3O2. The zero-order chi connectivity index (χ0) is 15.8. The summed E-state index contributed by atoms with van der Waals surface area (Å²) < 4.78 is 6.26. The summed E-state index contributed by atoms with van der Waals surface area (Å²) in [6, 6.07) is 7.02. The Morgan fingerprint density at radius 1 is 1.05 bits per heavy atom. The van der Waals surface area contributed by atoms with E-state index in [-0.39, 0.29) is 5.75 Å². The van der Waals surface area contributed by atoms with Crippen molar-refractivity contribution in [3.63, 3.8) is 0 Å². The van der Waals surface area contributed by atoms with Crippen LogP contribution < -0.4 is 4.74 Å². The van der Waals surface area contributed by atoms with E-state index in [0.29, 0.717) is 11.6 Å². The third-order valence-electron chi connectivity index (χ3n) is 3.66. The van der Waals surface area contributed by atoms with Gasteiger partial charge in [0.15, 0.2) is 22.9 Å². The van der Waals surface area contributed by atoms with Gasteiger partial charge in [-0.1, -0.05) is 38.8 Å². The lowest BCUT2D eigenvalue weighted by atomic mass is 9.90. The van der Waals surface area contributed by atoms with Crippen molar-refractivity contribution in [3.8, 4) is 11.5 Å². The number of hydrogen-bond donors (Lipinski definition) is 1. The van der Waals surface area contributed by atoms with Crippen LogP contribution in [0.2, 0.25) is 0 Å². The third-order valence-corrected chi connectivity index (χ3v) is 3.66. The van der Waals surface area contributed by atoms with Crippen molar-refractivity contribution in [1.82, 2.24) is 15.0 Å². The molecule has 0 bridgehead atoms. The molecule has 1 aromatic carbocycles. The zero-order valence-electron chi connectivity index (χ0n) is 13.2. The summed E-state index contributed by atoms with van der Waals surface area (Å²) in [4.78, 5) is 12.5. The minimum absolute atomic E-state index is 0.133. The number of aromatic nitrogens is 3. The smallest absolute Gasteiger partial charge is 0.175 e. The lowest BCUT2D eigenvalue weighted by Crippen LogP contribution is -2.35. The number of para-hydroxylation sites is 2. The predicted octanol–water partition coefficient (Wildman–Crippen LogP) is 3.84. The quantitative estimate of drug-likeness (QED) is 0.802. The standard InChI is InChI=1S/C17H23N3O2/c1-3-5-11-17(10-4-2,16-19-12-18-13-20-16)22-15-9-7-6-8-14(15)21/h6-9,12-13,21H,3-5,10-11H2,1-2H3. The van der Waals surface area contributed by atoms with Crippen LogP contribution in [0.3, 0.4) is 0 Å². The first kappa shape index (κ1) is 16.2. The molecule has 0 aliphatic heterocycles. The molecule has 22 heavy (non-hydrogen) atoms. The number of aromatic hydroxyl groups is 1. The highest BCUT2D eigenvalue weighted by Crippen LogP contribution is 2.38. The maximum Gasteiger partial charge on any atom is 0.175 e. The van der Waals surface area contributed by atoms with Gasteiger partial charge in [0.25, 0.3) is 0 Å². The summed E-state index contributed by atoms with van der Waals surface area (Å²) in [7, 11) is 0. The van der Waals surface area contributed by atoms with Crippen LogP contribution in [0.15, 0.2) is 36.9 Å². The van der Waals surface area contributed by atoms with Crippen LogP contribution in [0.4, 0.5) is 0 Å². The highest BCUT2D eigenvalue weighted by atomic mass is 16.5. The van der Waals surface area contributed by atoms with Gasteiger partial charge < -0.3 is 9.84 Å². The minimum atomic E-state index is -0.632. The van der Waals surface area contributed by atoms with Gasteiger partial charge in [0.2, 0.25) is 0 Å². The number of phenolic OH excluding ortho intramolecular Hbond substituents is 1. The lowest BCUT2D eigenvalue weighted by Gasteiger charge is -2.33. The van der Waals surface area contributed by atoms with Crippen molar-refractivity contribution >= 4 is 0 Å². The van der Waals surface area contributed by atoms with E-state index >= 15 is 0 Å². The second kappa shape index (κ2) is 7.73. The molecule has 1 aromatic heterocycles. The van der Waals surface area contributed by atoms with Gasteiger partial charge in [-0.3, -0.25) is 0 Å². The molecule has 0 spiro atoms. The topological polar surface area (TPSA) is 68.1 Å². The first-order valence-corrected chi connectivity index (χ1v) is 7.81. The Hall–Kier alpha value is -2.17. The van der Waals surface area contributed by atoms with Crippen molar-refractivity contribution in [1.29, 1.82) is 0 Å². The molecule has 2 aromatic rings. The highest BCUT2D eigenvalue weighted by Gasteiger charge is 2.37. The normalized spacial score (nSPS) is 13.5. The van der Waals surface area contributed by atoms with E-state index in [0.717, 1.165) is 32.1 Å². The first-order valence-electron chi connectivity index (χ1n) is 7.81. The maximum atomic E-state index is 10.0. The number of benzene rings is 1. The van der Waals surface area contributed by atoms with E-state index < -0.39 is 5.60 Å². The molecule has 0 aliphatic carbocycles. The molecule has 1 atom stereocenters. The van der Waals surface area contributed by atoms with E-state index in [2.05, 4.69) is 28.8 Å². The molecule has 0 aliphatic rings. The van der Waals surface area contributed by atoms with Crippen LogP contribution >= 0.6 is 0 Å². The summed E-state index contributed by atoms with van der Waals surface area (Å²) in [5, 5.41) is 10.0. The van der Waals surface area contributed by atoms with Crippen molar-refractivity contribution < 1.29 is 9.84 Å². The molecule has 0 saturated heterocycles. The van der Waals surface area contributed by atoms with Crippen LogP contribution in [0.1, 0.15) is 51.8 Å². The fourth-order valence-electron chi connectivity index (χ4n) is 2.59. The van der Waals surface area contributed by atoms with Gasteiger partial charge in [0.05, 0.1) is 0 Å². The second-order valence-corrected chi connectivity index (χ2v) is 5.38. The number of rotatable bonds is 8. The van der Waals surface area contributed by atoms with Crippen LogP contribution in [0, 0.1) is 0 Å². The lowest BCUT2D eigenvalue weighted by molar-refractivity contribution is 0.0317. The molecule has 1 N–H and O–H groups in total. The Morgan fingerprint density at radius 2 is 1.77 bits per heavy atom. The van der Waals surface area contributed by atoms with Gasteiger partial charge in [-0.05, 0) is 31.4 Å². The van der Waals surface area contributed by atoms with E-state index in [1.165, 1.54) is 12.7 Å². The second-order valence-electron chi connectivity index (χ2n) is 5.38. The van der Waals surface area contributed by atoms with E-state index in [1.807, 2.05) is 6.07 Å². The van der Waals surface area contributed by atoms with Crippen LogP contribution in [0.25, 0.3) is 0 Å². The third kappa shape index (κ3) is 3.72. The minimum Gasteiger partial charge on any atom is -0.504 e. The van der Waals surface area contributed by atoms with Gasteiger partial charge >= 0.3 is 0 Å². The number of unbranched alkanes of at least 4 members (excludes halogenated alkanes) is 1. The monoisotopic (exact) mass is 301 g/mol. The number of hydrogen-bond acceptors (Lipinski definition) is 5. The molecule has 5 heteroatoms. The molecule has 0 saturated carbocycles. The Balaban J connectivity index is 2.40. The predicted molar refractivity (Wildman–Crippen MR) is 84.7 cm³/mol. The van der Waals surface area contributed by atoms with Crippen molar-refractivity contribution in [2.75, 3.05) is 0 Å². The Labute approximate surface area is 131 Å². The fourth-order valence-corrected chi connectivity index (χ4v) is 2.59. The molecule has 0 fully saturated rings. The van der Waals surface area contributed by atoms with Gasteiger partial charge in [-0.15, -0.1) is 0 Å². The Bertz CT molecular complexity index is 577. The molecule has 118 valence electrons. The van der Waals surface area contributed by atoms with Crippen LogP contribution in [-0.4, -0.2) is 20.1 Å². The van der Waals surface area contributed by atoms with Crippen molar-refractivity contribution in [2.45, 2.75) is 51.6 Å². The van der Waals surface area contributed by atoms with Gasteiger partial charge in [0.1, 0.15) is 12.7 Å². The summed E-state index contributed by atoms with van der Waals surface area (Å²) in [6.45, 7) is 4.25. The van der Waals surface area contributed by atoms with Gasteiger partial charge in [-0.2, -0.15) is 0 Å². The average molecular weight is 301 g/mol. The first-order chi connectivity index (χ1) is 10.7. The molecule has 0 amide bonds. The van der Waals surface area contributed by atoms with E-state index in [1.54, 1.807) is 18.2 Å². The van der Waals surface area contributed by atoms with Gasteiger partial charge in [-0.25, -0.2) is 15.0 Å². The Kier molecular flexibility index (Phi) is 5.69. The Morgan fingerprint density at radius 3 is 2.41 bits per heavy atom. The maximum absolute atomic E-state index is 10.0. The zero-order valence-corrected chi connectivity index (χ0v) is 13.2. The molecular weight excluding hydrogens is 278 g/mol. The van der Waals surface area contributed by atoms with Crippen LogP contribution in [0.5, 0.6) is 11.5 Å². The summed E-state index contributed by atoms with van der Waals surface area (Å²) >= 11 is 0. The molecule has 0 radical (unpaired) electrons. The fraction of sp³-hybridized carbons (Fsp3) is 0.471. The van der Waals surface area contributed by atoms with Crippen molar-refractivity contribution in [3.05, 3.63) is 42.7 Å². The number of phenols is 1. The number of nitrogens with zero attached hydrogens (tertiary/aromatic N) is 3. The summed E-state index contributed by atoms with van der Waals surface area (Å²) in [6.07, 6.45) is 7.56. The molecule has 1 unspecified atom stereocenters. The van der Waals surface area contributed by atoms with Crippen molar-refractivity contribution in [2.24, 2.45) is 0 Å². The number of ether oxygens (including phenoxy) is 1.